The molecule has 26 heavy (non-hydrogen) atoms. The minimum absolute atomic E-state index is 0.0270. The number of hydrazone groups is 1. The molecule has 0 radical (unpaired) electrons. The van der Waals surface area contributed by atoms with Crippen molar-refractivity contribution in [2.45, 2.75) is 18.7 Å². The lowest BCUT2D eigenvalue weighted by Gasteiger charge is -2.37. The van der Waals surface area contributed by atoms with Gasteiger partial charge in [0.25, 0.3) is 0 Å². The monoisotopic (exact) mass is 382 g/mol. The van der Waals surface area contributed by atoms with E-state index in [1.807, 2.05) is 52.9 Å². The highest BCUT2D eigenvalue weighted by Gasteiger charge is 2.41. The molecule has 5 rings (SSSR count). The summed E-state index contributed by atoms with van der Waals surface area (Å²) in [5.74, 6) is 1.08. The number of halogens is 1. The number of rotatable bonds is 2. The lowest BCUT2D eigenvalue weighted by Crippen LogP contribution is -2.33. The van der Waals surface area contributed by atoms with Crippen LogP contribution in [0.5, 0.6) is 11.5 Å². The number of benzene rings is 2. The van der Waals surface area contributed by atoms with Gasteiger partial charge in [-0.2, -0.15) is 5.10 Å². The Bertz CT molecular complexity index is 1000. The van der Waals surface area contributed by atoms with Crippen LogP contribution in [0.15, 0.2) is 65.1 Å². The normalized spacial score (nSPS) is 21.0. The van der Waals surface area contributed by atoms with Crippen molar-refractivity contribution in [1.29, 1.82) is 0 Å². The Morgan fingerprint density at radius 1 is 1.15 bits per heavy atom. The molecule has 0 saturated carbocycles. The van der Waals surface area contributed by atoms with Crippen LogP contribution in [0.1, 0.15) is 34.7 Å². The highest BCUT2D eigenvalue weighted by Crippen LogP contribution is 2.49. The topological polar surface area (TPSA) is 45.1 Å². The highest BCUT2D eigenvalue weighted by molar-refractivity contribution is 7.10. The smallest absolute Gasteiger partial charge is 0.222 e. The second-order valence-electron chi connectivity index (χ2n) is 6.33. The predicted molar refractivity (Wildman–Crippen MR) is 103 cm³/mol. The zero-order chi connectivity index (χ0) is 17.7. The molecule has 3 heterocycles. The van der Waals surface area contributed by atoms with E-state index in [4.69, 9.17) is 21.4 Å². The lowest BCUT2D eigenvalue weighted by atomic mass is 9.96. The molecule has 0 spiro atoms. The summed E-state index contributed by atoms with van der Waals surface area (Å²) in [6.45, 7) is 0. The number of phenols is 1. The zero-order valence-corrected chi connectivity index (χ0v) is 15.2. The van der Waals surface area contributed by atoms with Crippen molar-refractivity contribution < 1.29 is 9.84 Å². The molecule has 0 fully saturated rings. The van der Waals surface area contributed by atoms with E-state index in [-0.39, 0.29) is 18.0 Å². The van der Waals surface area contributed by atoms with Gasteiger partial charge in [0.05, 0.1) is 16.6 Å². The third-order valence-corrected chi connectivity index (χ3v) is 5.89. The molecule has 0 unspecified atom stereocenters. The molecule has 0 amide bonds. The Kier molecular flexibility index (Phi) is 3.65. The summed E-state index contributed by atoms with van der Waals surface area (Å²) in [6.07, 6.45) is 0.410. The first kappa shape index (κ1) is 15.7. The van der Waals surface area contributed by atoms with Gasteiger partial charge in [-0.1, -0.05) is 29.8 Å². The molecule has 6 heteroatoms. The maximum Gasteiger partial charge on any atom is 0.222 e. The van der Waals surface area contributed by atoms with Crippen molar-refractivity contribution in [2.75, 3.05) is 0 Å². The van der Waals surface area contributed by atoms with Gasteiger partial charge in [0.1, 0.15) is 11.5 Å². The lowest BCUT2D eigenvalue weighted by molar-refractivity contribution is -0.0165. The summed E-state index contributed by atoms with van der Waals surface area (Å²) in [4.78, 5) is 1.10. The number of aromatic hydroxyl groups is 1. The molecule has 2 aliphatic rings. The molecule has 2 atom stereocenters. The summed E-state index contributed by atoms with van der Waals surface area (Å²) < 4.78 is 6.27. The average Bonchev–Trinajstić information content (AvgIpc) is 3.32. The number of ether oxygens (including phenoxy) is 1. The summed E-state index contributed by atoms with van der Waals surface area (Å²) >= 11 is 7.88. The predicted octanol–water partition coefficient (Wildman–Crippen LogP) is 5.35. The van der Waals surface area contributed by atoms with Crippen molar-refractivity contribution >= 4 is 28.6 Å². The molecule has 0 aliphatic carbocycles. The van der Waals surface area contributed by atoms with Crippen molar-refractivity contribution in [1.82, 2.24) is 5.01 Å². The Morgan fingerprint density at radius 2 is 2.04 bits per heavy atom. The summed E-state index contributed by atoms with van der Waals surface area (Å²) in [5.41, 5.74) is 2.64. The fourth-order valence-corrected chi connectivity index (χ4v) is 4.48. The fourth-order valence-electron chi connectivity index (χ4n) is 3.56. The van der Waals surface area contributed by atoms with Crippen molar-refractivity contribution in [3.8, 4) is 11.5 Å². The molecule has 1 N–H and O–H groups in total. The first-order chi connectivity index (χ1) is 12.7. The van der Waals surface area contributed by atoms with Crippen LogP contribution in [-0.2, 0) is 0 Å². The number of fused-ring (bicyclic) bond motifs is 3. The number of nitrogens with zero attached hydrogens (tertiary/aromatic N) is 2. The van der Waals surface area contributed by atoms with Crippen LogP contribution in [-0.4, -0.2) is 15.8 Å². The van der Waals surface area contributed by atoms with Crippen LogP contribution >= 0.6 is 22.9 Å². The molecule has 3 aromatic rings. The van der Waals surface area contributed by atoms with E-state index < -0.39 is 0 Å². The van der Waals surface area contributed by atoms with Gasteiger partial charge >= 0.3 is 0 Å². The van der Waals surface area contributed by atoms with Gasteiger partial charge in [0, 0.05) is 22.6 Å². The van der Waals surface area contributed by atoms with Gasteiger partial charge in [-0.3, -0.25) is 0 Å². The minimum Gasteiger partial charge on any atom is -0.507 e. The van der Waals surface area contributed by atoms with Crippen LogP contribution in [0, 0.1) is 0 Å². The van der Waals surface area contributed by atoms with E-state index in [1.165, 1.54) is 0 Å². The van der Waals surface area contributed by atoms with Crippen LogP contribution < -0.4 is 4.74 Å². The van der Waals surface area contributed by atoms with Gasteiger partial charge in [-0.15, -0.1) is 11.3 Å². The summed E-state index contributed by atoms with van der Waals surface area (Å²) in [6, 6.07) is 17.1. The van der Waals surface area contributed by atoms with E-state index in [0.717, 1.165) is 27.5 Å². The van der Waals surface area contributed by atoms with E-state index in [9.17, 15) is 5.11 Å². The molecule has 2 aliphatic heterocycles. The molecular formula is C20H15ClN2O2S. The summed E-state index contributed by atoms with van der Waals surface area (Å²) in [5, 5.41) is 19.8. The largest absolute Gasteiger partial charge is 0.507 e. The standard InChI is InChI=1S/C20H15ClN2O2S/c21-12-7-8-18-14(10-12)16-11-15(13-4-1-2-5-17(13)24)22-23(16)20(25-18)19-6-3-9-26-19/h1-10,16,20,24H,11H2/t16-,20+/m0/s1. The molecule has 130 valence electrons. The Labute approximate surface area is 159 Å². The van der Waals surface area contributed by atoms with Crippen molar-refractivity contribution in [3.63, 3.8) is 0 Å². The van der Waals surface area contributed by atoms with E-state index in [1.54, 1.807) is 17.4 Å². The number of hydrogen-bond acceptors (Lipinski definition) is 5. The third-order valence-electron chi connectivity index (χ3n) is 4.75. The van der Waals surface area contributed by atoms with Crippen molar-refractivity contribution in [3.05, 3.63) is 81.0 Å². The van der Waals surface area contributed by atoms with Gasteiger partial charge < -0.3 is 9.84 Å². The van der Waals surface area contributed by atoms with E-state index in [2.05, 4.69) is 6.07 Å². The fraction of sp³-hybridized carbons (Fsp3) is 0.150. The SMILES string of the molecule is Oc1ccccc1C1=NN2[C@@H](c3cccs3)Oc3ccc(Cl)cc3[C@@H]2C1. The number of phenolic OH excluding ortho intramolecular Hbond substituents is 1. The minimum atomic E-state index is -0.281. The van der Waals surface area contributed by atoms with Crippen LogP contribution in [0.4, 0.5) is 0 Å². The first-order valence-corrected chi connectivity index (χ1v) is 9.60. The van der Waals surface area contributed by atoms with Gasteiger partial charge in [0.2, 0.25) is 6.23 Å². The quantitative estimate of drug-likeness (QED) is 0.649. The molecule has 0 bridgehead atoms. The molecular weight excluding hydrogens is 368 g/mol. The van der Waals surface area contributed by atoms with E-state index in [0.29, 0.717) is 11.4 Å². The van der Waals surface area contributed by atoms with Crippen LogP contribution in [0.25, 0.3) is 0 Å². The Hall–Kier alpha value is -2.50. The van der Waals surface area contributed by atoms with Crippen LogP contribution in [0.3, 0.4) is 0 Å². The van der Waals surface area contributed by atoms with Gasteiger partial charge in [-0.25, -0.2) is 5.01 Å². The molecule has 4 nitrogen and oxygen atoms in total. The zero-order valence-electron chi connectivity index (χ0n) is 13.7. The van der Waals surface area contributed by atoms with Crippen molar-refractivity contribution in [2.24, 2.45) is 5.10 Å². The highest BCUT2D eigenvalue weighted by atomic mass is 35.5. The Morgan fingerprint density at radius 3 is 2.85 bits per heavy atom. The summed E-state index contributed by atoms with van der Waals surface area (Å²) in [7, 11) is 0. The molecule has 0 saturated heterocycles. The molecule has 1 aromatic heterocycles. The third kappa shape index (κ3) is 2.47. The second kappa shape index (κ2) is 6.04. The maximum atomic E-state index is 10.2. The van der Waals surface area contributed by atoms with Gasteiger partial charge in [-0.05, 0) is 41.8 Å². The average molecular weight is 383 g/mol. The van der Waals surface area contributed by atoms with Gasteiger partial charge in [0.15, 0.2) is 0 Å². The number of hydrogen-bond donors (Lipinski definition) is 1. The molecule has 2 aromatic carbocycles. The number of para-hydroxylation sites is 1. The first-order valence-electron chi connectivity index (χ1n) is 8.34. The Balaban J connectivity index is 1.62. The van der Waals surface area contributed by atoms with Crippen LogP contribution in [0.2, 0.25) is 5.02 Å². The maximum absolute atomic E-state index is 10.2. The second-order valence-corrected chi connectivity index (χ2v) is 7.75. The number of thiophene rings is 1. The van der Waals surface area contributed by atoms with E-state index >= 15 is 0 Å².